The van der Waals surface area contributed by atoms with E-state index < -0.39 is 0 Å². The Morgan fingerprint density at radius 3 is 2.70 bits per heavy atom. The van der Waals surface area contributed by atoms with Crippen molar-refractivity contribution in [3.8, 4) is 0 Å². The van der Waals surface area contributed by atoms with E-state index in [2.05, 4.69) is 5.10 Å². The Kier molecular flexibility index (Phi) is 5.39. The lowest BCUT2D eigenvalue weighted by atomic mass is 10.0. The van der Waals surface area contributed by atoms with E-state index in [1.54, 1.807) is 46.1 Å². The average molecular weight is 449 g/mol. The summed E-state index contributed by atoms with van der Waals surface area (Å²) >= 11 is 0. The zero-order valence-corrected chi connectivity index (χ0v) is 18.7. The number of likely N-dealkylation sites (tertiary alicyclic amines) is 1. The summed E-state index contributed by atoms with van der Waals surface area (Å²) < 4.78 is 15.0. The van der Waals surface area contributed by atoms with E-state index in [4.69, 9.17) is 9.97 Å². The van der Waals surface area contributed by atoms with Crippen LogP contribution in [0.4, 0.5) is 10.2 Å². The van der Waals surface area contributed by atoms with Crippen molar-refractivity contribution in [3.63, 3.8) is 0 Å². The van der Waals surface area contributed by atoms with Crippen LogP contribution in [0.3, 0.4) is 0 Å². The number of halogens is 1. The summed E-state index contributed by atoms with van der Waals surface area (Å²) in [4.78, 5) is 39.0. The van der Waals surface area contributed by atoms with Crippen LogP contribution in [0.5, 0.6) is 0 Å². The van der Waals surface area contributed by atoms with Crippen molar-refractivity contribution in [1.82, 2.24) is 24.6 Å². The second-order valence-corrected chi connectivity index (χ2v) is 8.63. The molecule has 0 N–H and O–H groups in total. The Labute approximate surface area is 191 Å². The third-order valence-corrected chi connectivity index (χ3v) is 6.37. The number of aryl methyl sites for hydroxylation is 2. The SMILES string of the molecule is Cc1nc(C2CCCN2C(=O)c2cnn(C)c2)nc2c1CCC(=O)N2Cc1ccc(F)cc1. The standard InChI is InChI=1S/C24H25FN6O2/c1-15-19-9-10-21(32)31(13-16-5-7-18(25)8-6-16)23(19)28-22(27-15)20-4-3-11-30(20)24(33)17-12-26-29(2)14-17/h5-8,12,14,20H,3-4,9-11,13H2,1-2H3. The Balaban J connectivity index is 1.49. The first-order chi connectivity index (χ1) is 15.9. The van der Waals surface area contributed by atoms with E-state index in [-0.39, 0.29) is 23.7 Å². The summed E-state index contributed by atoms with van der Waals surface area (Å²) in [5.74, 6) is 0.720. The van der Waals surface area contributed by atoms with Crippen molar-refractivity contribution < 1.29 is 14.0 Å². The van der Waals surface area contributed by atoms with Gasteiger partial charge in [0.1, 0.15) is 11.6 Å². The van der Waals surface area contributed by atoms with E-state index in [0.717, 1.165) is 29.7 Å². The van der Waals surface area contributed by atoms with Crippen molar-refractivity contribution in [1.29, 1.82) is 0 Å². The monoisotopic (exact) mass is 448 g/mol. The molecule has 3 aromatic rings. The summed E-state index contributed by atoms with van der Waals surface area (Å²) in [6.45, 7) is 2.86. The molecule has 1 saturated heterocycles. The maximum absolute atomic E-state index is 13.3. The Morgan fingerprint density at radius 2 is 1.97 bits per heavy atom. The van der Waals surface area contributed by atoms with Gasteiger partial charge in [-0.15, -0.1) is 0 Å². The van der Waals surface area contributed by atoms with Crippen LogP contribution in [0.25, 0.3) is 0 Å². The normalized spacial score (nSPS) is 18.0. The molecule has 0 spiro atoms. The van der Waals surface area contributed by atoms with Gasteiger partial charge >= 0.3 is 0 Å². The van der Waals surface area contributed by atoms with Gasteiger partial charge in [-0.25, -0.2) is 14.4 Å². The average Bonchev–Trinajstić information content (AvgIpc) is 3.46. The fraction of sp³-hybridized carbons (Fsp3) is 0.375. The zero-order valence-electron chi connectivity index (χ0n) is 18.7. The number of amides is 2. The molecule has 2 aliphatic heterocycles. The van der Waals surface area contributed by atoms with Gasteiger partial charge < -0.3 is 4.90 Å². The molecule has 0 radical (unpaired) electrons. The van der Waals surface area contributed by atoms with Crippen molar-refractivity contribution >= 4 is 17.6 Å². The molecule has 2 aliphatic rings. The Morgan fingerprint density at radius 1 is 1.18 bits per heavy atom. The van der Waals surface area contributed by atoms with Crippen LogP contribution in [0, 0.1) is 12.7 Å². The van der Waals surface area contributed by atoms with Gasteiger partial charge in [0, 0.05) is 37.5 Å². The van der Waals surface area contributed by atoms with Crippen molar-refractivity contribution in [2.75, 3.05) is 11.4 Å². The van der Waals surface area contributed by atoms with Gasteiger partial charge in [-0.2, -0.15) is 5.10 Å². The van der Waals surface area contributed by atoms with Crippen molar-refractivity contribution in [2.45, 2.75) is 45.2 Å². The van der Waals surface area contributed by atoms with Crippen LogP contribution < -0.4 is 4.90 Å². The molecule has 2 aromatic heterocycles. The molecule has 170 valence electrons. The quantitative estimate of drug-likeness (QED) is 0.612. The molecule has 0 saturated carbocycles. The van der Waals surface area contributed by atoms with Gasteiger partial charge in [0.2, 0.25) is 5.91 Å². The minimum Gasteiger partial charge on any atom is -0.328 e. The first kappa shape index (κ1) is 21.2. The highest BCUT2D eigenvalue weighted by Gasteiger charge is 2.35. The molecule has 0 bridgehead atoms. The summed E-state index contributed by atoms with van der Waals surface area (Å²) in [6, 6.07) is 5.88. The maximum atomic E-state index is 13.3. The van der Waals surface area contributed by atoms with Crippen LogP contribution in [-0.4, -0.2) is 43.0 Å². The first-order valence-corrected chi connectivity index (χ1v) is 11.1. The van der Waals surface area contributed by atoms with Crippen molar-refractivity contribution in [2.24, 2.45) is 7.05 Å². The van der Waals surface area contributed by atoms with Crippen LogP contribution in [0.15, 0.2) is 36.7 Å². The van der Waals surface area contributed by atoms with Crippen molar-refractivity contribution in [3.05, 3.63) is 70.7 Å². The second kappa shape index (κ2) is 8.38. The third kappa shape index (κ3) is 3.99. The van der Waals surface area contributed by atoms with Gasteiger partial charge in [0.15, 0.2) is 5.82 Å². The molecule has 9 heteroatoms. The largest absolute Gasteiger partial charge is 0.328 e. The fourth-order valence-electron chi connectivity index (χ4n) is 4.66. The number of rotatable bonds is 4. The summed E-state index contributed by atoms with van der Waals surface area (Å²) in [7, 11) is 1.78. The highest BCUT2D eigenvalue weighted by atomic mass is 19.1. The summed E-state index contributed by atoms with van der Waals surface area (Å²) in [6.07, 6.45) is 5.86. The van der Waals surface area contributed by atoms with Crippen LogP contribution >= 0.6 is 0 Å². The van der Waals surface area contributed by atoms with Gasteiger partial charge in [-0.3, -0.25) is 19.2 Å². The molecule has 1 fully saturated rings. The minimum atomic E-state index is -0.316. The topological polar surface area (TPSA) is 84.2 Å². The number of carbonyl (C=O) groups excluding carboxylic acids is 2. The molecule has 33 heavy (non-hydrogen) atoms. The molecule has 2 amide bonds. The number of benzene rings is 1. The summed E-state index contributed by atoms with van der Waals surface area (Å²) in [5, 5.41) is 4.11. The smallest absolute Gasteiger partial charge is 0.257 e. The molecular formula is C24H25FN6O2. The van der Waals surface area contributed by atoms with E-state index in [1.807, 2.05) is 6.92 Å². The zero-order chi connectivity index (χ0) is 23.1. The second-order valence-electron chi connectivity index (χ2n) is 8.63. The number of hydrogen-bond acceptors (Lipinski definition) is 5. The number of anilines is 1. The Hall–Kier alpha value is -3.62. The molecule has 4 heterocycles. The molecular weight excluding hydrogens is 423 g/mol. The van der Waals surface area contributed by atoms with E-state index >= 15 is 0 Å². The van der Waals surface area contributed by atoms with Crippen LogP contribution in [0.1, 0.15) is 58.3 Å². The molecule has 8 nitrogen and oxygen atoms in total. The predicted octanol–water partition coefficient (Wildman–Crippen LogP) is 3.11. The number of nitrogens with zero attached hydrogens (tertiary/aromatic N) is 6. The van der Waals surface area contributed by atoms with E-state index in [1.165, 1.54) is 12.1 Å². The fourth-order valence-corrected chi connectivity index (χ4v) is 4.66. The van der Waals surface area contributed by atoms with E-state index in [9.17, 15) is 14.0 Å². The van der Waals surface area contributed by atoms with Gasteiger partial charge in [0.25, 0.3) is 5.91 Å². The highest BCUT2D eigenvalue weighted by molar-refractivity contribution is 5.95. The molecule has 5 rings (SSSR count). The van der Waals surface area contributed by atoms with Gasteiger partial charge in [-0.05, 0) is 43.9 Å². The van der Waals surface area contributed by atoms with Gasteiger partial charge in [-0.1, -0.05) is 12.1 Å². The third-order valence-electron chi connectivity index (χ3n) is 6.37. The predicted molar refractivity (Wildman–Crippen MR) is 119 cm³/mol. The lowest BCUT2D eigenvalue weighted by molar-refractivity contribution is -0.119. The number of hydrogen-bond donors (Lipinski definition) is 0. The van der Waals surface area contributed by atoms with E-state index in [0.29, 0.717) is 43.1 Å². The number of carbonyl (C=O) groups is 2. The first-order valence-electron chi connectivity index (χ1n) is 11.1. The molecule has 1 unspecified atom stereocenters. The number of aromatic nitrogens is 4. The van der Waals surface area contributed by atoms with Crippen LogP contribution in [-0.2, 0) is 24.8 Å². The maximum Gasteiger partial charge on any atom is 0.257 e. The van der Waals surface area contributed by atoms with Gasteiger partial charge in [0.05, 0.1) is 24.3 Å². The molecule has 0 aliphatic carbocycles. The summed E-state index contributed by atoms with van der Waals surface area (Å²) in [5.41, 5.74) is 3.13. The lowest BCUT2D eigenvalue weighted by Crippen LogP contribution is -2.37. The Bertz CT molecular complexity index is 1220. The minimum absolute atomic E-state index is 0.0226. The molecule has 1 aromatic carbocycles. The lowest BCUT2D eigenvalue weighted by Gasteiger charge is -2.31. The van der Waals surface area contributed by atoms with Crippen LogP contribution in [0.2, 0.25) is 0 Å². The number of fused-ring (bicyclic) bond motifs is 1. The molecule has 1 atom stereocenters. The highest BCUT2D eigenvalue weighted by Crippen LogP contribution is 2.35.